The average Bonchev–Trinajstić information content (AvgIpc) is 3.08. The van der Waals surface area contributed by atoms with Crippen molar-refractivity contribution < 1.29 is 9.47 Å². The number of nitrogens with one attached hydrogen (secondary N) is 1. The van der Waals surface area contributed by atoms with Crippen LogP contribution < -0.4 is 14.8 Å². The van der Waals surface area contributed by atoms with Crippen LogP contribution in [0.25, 0.3) is 43.1 Å². The number of fused-ring (bicyclic) bond motifs is 4. The molecular weight excluding hydrogens is 538 g/mol. The van der Waals surface area contributed by atoms with Gasteiger partial charge in [-0.15, -0.1) is 0 Å². The van der Waals surface area contributed by atoms with Crippen LogP contribution in [0.1, 0.15) is 22.3 Å². The zero-order valence-corrected chi connectivity index (χ0v) is 24.8. The summed E-state index contributed by atoms with van der Waals surface area (Å²) in [7, 11) is 5.32. The minimum Gasteiger partial charge on any atom is -0.497 e. The molecule has 0 saturated carbocycles. The normalized spacial score (nSPS) is 10.7. The van der Waals surface area contributed by atoms with Crippen LogP contribution in [-0.4, -0.2) is 21.3 Å². The molecule has 7 aromatic carbocycles. The quantitative estimate of drug-likeness (QED) is 0.171. The van der Waals surface area contributed by atoms with Crippen LogP contribution in [0.2, 0.25) is 0 Å². The van der Waals surface area contributed by atoms with Crippen molar-refractivity contribution in [3.8, 4) is 35.2 Å². The number of hydrogen-bond donors (Lipinski definition) is 1. The van der Waals surface area contributed by atoms with Crippen LogP contribution in [0, 0.1) is 23.7 Å². The first-order chi connectivity index (χ1) is 21.7. The number of ether oxygens (including phenoxy) is 2. The fraction of sp³-hybridized carbons (Fsp3) is 0.0732. The van der Waals surface area contributed by atoms with Crippen LogP contribution >= 0.6 is 0 Å². The van der Waals surface area contributed by atoms with E-state index in [-0.39, 0.29) is 0 Å². The van der Waals surface area contributed by atoms with E-state index in [4.69, 9.17) is 9.47 Å². The Hall–Kier alpha value is -5.90. The highest BCUT2D eigenvalue weighted by atomic mass is 16.5. The lowest BCUT2D eigenvalue weighted by Crippen LogP contribution is -1.93. The van der Waals surface area contributed by atoms with Crippen LogP contribution in [0.4, 0.5) is 5.69 Å². The number of rotatable bonds is 3. The third-order valence-corrected chi connectivity index (χ3v) is 8.13. The molecule has 1 N–H and O–H groups in total. The maximum atomic E-state index is 5.44. The minimum atomic E-state index is 0.833. The largest absolute Gasteiger partial charge is 0.497 e. The first-order valence-electron chi connectivity index (χ1n) is 14.5. The molecule has 0 aromatic heterocycles. The molecule has 0 radical (unpaired) electrons. The van der Waals surface area contributed by atoms with Crippen LogP contribution in [0.15, 0.2) is 115 Å². The Balaban J connectivity index is 1.45. The molecule has 7 aromatic rings. The van der Waals surface area contributed by atoms with Gasteiger partial charge >= 0.3 is 0 Å². The van der Waals surface area contributed by atoms with Crippen molar-refractivity contribution in [3.05, 3.63) is 138 Å². The molecule has 0 unspecified atom stereocenters. The van der Waals surface area contributed by atoms with Gasteiger partial charge in [-0.05, 0) is 98.4 Å². The second-order valence-corrected chi connectivity index (χ2v) is 10.6. The van der Waals surface area contributed by atoms with Crippen LogP contribution in [0.3, 0.4) is 0 Å². The highest BCUT2D eigenvalue weighted by molar-refractivity contribution is 6.11. The first-order valence-corrected chi connectivity index (χ1v) is 14.5. The number of benzene rings is 7. The van der Waals surface area contributed by atoms with Gasteiger partial charge in [0.05, 0.1) is 14.2 Å². The fourth-order valence-corrected chi connectivity index (χ4v) is 5.86. The molecule has 0 aliphatic rings. The second kappa shape index (κ2) is 11.4. The van der Waals surface area contributed by atoms with Gasteiger partial charge in [0.15, 0.2) is 0 Å². The third kappa shape index (κ3) is 4.82. The lowest BCUT2D eigenvalue weighted by atomic mass is 9.91. The molecule has 0 bridgehead atoms. The molecule has 0 spiro atoms. The maximum absolute atomic E-state index is 5.44. The molecular formula is C41H29NO2. The first kappa shape index (κ1) is 27.0. The Labute approximate surface area is 257 Å². The van der Waals surface area contributed by atoms with Gasteiger partial charge in [-0.3, -0.25) is 0 Å². The highest BCUT2D eigenvalue weighted by Gasteiger charge is 2.13. The molecule has 7 rings (SSSR count). The Bertz CT molecular complexity index is 2360. The van der Waals surface area contributed by atoms with Gasteiger partial charge in [0.2, 0.25) is 0 Å². The predicted molar refractivity (Wildman–Crippen MR) is 184 cm³/mol. The van der Waals surface area contributed by atoms with E-state index < -0.39 is 0 Å². The zero-order chi connectivity index (χ0) is 30.0. The van der Waals surface area contributed by atoms with E-state index in [0.29, 0.717) is 0 Å². The van der Waals surface area contributed by atoms with Crippen molar-refractivity contribution in [2.24, 2.45) is 0 Å². The molecule has 0 heterocycles. The summed E-state index contributed by atoms with van der Waals surface area (Å²) in [5.74, 6) is 15.9. The lowest BCUT2D eigenvalue weighted by Gasteiger charge is -2.12. The predicted octanol–water partition coefficient (Wildman–Crippen LogP) is 9.16. The zero-order valence-electron chi connectivity index (χ0n) is 24.8. The number of methoxy groups -OCH3 is 2. The van der Waals surface area contributed by atoms with Gasteiger partial charge in [0.1, 0.15) is 11.5 Å². The molecule has 0 aliphatic carbocycles. The Morgan fingerprint density at radius 1 is 0.455 bits per heavy atom. The number of hydrogen-bond acceptors (Lipinski definition) is 3. The summed E-state index contributed by atoms with van der Waals surface area (Å²) in [6.45, 7) is 0. The summed E-state index contributed by atoms with van der Waals surface area (Å²) in [6, 6.07) is 39.5. The SMILES string of the molecule is CNc1ccc2c(C#Cc3cccc4cc(OC)ccc34)c3ccccc3c(C#Cc3cccc4cc(OC)ccc34)c2c1. The molecule has 0 amide bonds. The van der Waals surface area contributed by atoms with E-state index in [1.165, 1.54) is 0 Å². The van der Waals surface area contributed by atoms with Gasteiger partial charge < -0.3 is 14.8 Å². The summed E-state index contributed by atoms with van der Waals surface area (Å²) in [4.78, 5) is 0. The maximum Gasteiger partial charge on any atom is 0.119 e. The van der Waals surface area contributed by atoms with E-state index in [0.717, 1.165) is 82.5 Å². The molecule has 0 aliphatic heterocycles. The molecule has 44 heavy (non-hydrogen) atoms. The fourth-order valence-electron chi connectivity index (χ4n) is 5.86. The third-order valence-electron chi connectivity index (χ3n) is 8.13. The Morgan fingerprint density at radius 3 is 1.48 bits per heavy atom. The van der Waals surface area contributed by atoms with Gasteiger partial charge in [0, 0.05) is 40.4 Å². The summed E-state index contributed by atoms with van der Waals surface area (Å²) >= 11 is 0. The van der Waals surface area contributed by atoms with E-state index in [1.54, 1.807) is 14.2 Å². The van der Waals surface area contributed by atoms with Gasteiger partial charge in [-0.25, -0.2) is 0 Å². The van der Waals surface area contributed by atoms with Gasteiger partial charge in [-0.2, -0.15) is 0 Å². The summed E-state index contributed by atoms with van der Waals surface area (Å²) in [5, 5.41) is 12.0. The van der Waals surface area contributed by atoms with E-state index >= 15 is 0 Å². The summed E-state index contributed by atoms with van der Waals surface area (Å²) < 4.78 is 10.9. The van der Waals surface area contributed by atoms with Crippen LogP contribution in [0.5, 0.6) is 11.5 Å². The molecule has 3 heteroatoms. The van der Waals surface area contributed by atoms with E-state index in [2.05, 4.69) is 108 Å². The second-order valence-electron chi connectivity index (χ2n) is 10.6. The molecule has 0 saturated heterocycles. The summed E-state index contributed by atoms with van der Waals surface area (Å²) in [5.41, 5.74) is 4.96. The van der Waals surface area contributed by atoms with Crippen molar-refractivity contribution in [1.29, 1.82) is 0 Å². The average molecular weight is 568 g/mol. The van der Waals surface area contributed by atoms with E-state index in [1.807, 2.05) is 43.4 Å². The van der Waals surface area contributed by atoms with E-state index in [9.17, 15) is 0 Å². The monoisotopic (exact) mass is 567 g/mol. The Morgan fingerprint density at radius 2 is 0.955 bits per heavy atom. The van der Waals surface area contributed by atoms with Gasteiger partial charge in [-0.1, -0.05) is 78.3 Å². The molecule has 0 atom stereocenters. The smallest absolute Gasteiger partial charge is 0.119 e. The molecule has 210 valence electrons. The van der Waals surface area contributed by atoms with Crippen molar-refractivity contribution in [2.45, 2.75) is 0 Å². The minimum absolute atomic E-state index is 0.833. The summed E-state index contributed by atoms with van der Waals surface area (Å²) in [6.07, 6.45) is 0. The Kier molecular flexibility index (Phi) is 6.99. The number of anilines is 1. The van der Waals surface area contributed by atoms with Crippen molar-refractivity contribution >= 4 is 48.8 Å². The van der Waals surface area contributed by atoms with Crippen molar-refractivity contribution in [2.75, 3.05) is 26.6 Å². The van der Waals surface area contributed by atoms with Crippen molar-refractivity contribution in [1.82, 2.24) is 0 Å². The topological polar surface area (TPSA) is 30.5 Å². The van der Waals surface area contributed by atoms with Gasteiger partial charge in [0.25, 0.3) is 0 Å². The highest BCUT2D eigenvalue weighted by Crippen LogP contribution is 2.34. The van der Waals surface area contributed by atoms with Crippen molar-refractivity contribution in [3.63, 3.8) is 0 Å². The standard InChI is InChI=1S/C41H29NO2/c1-42-31-16-21-40-38(19-14-27-8-6-10-29-24-32(43-2)17-22-34(27)29)36-12-4-5-13-37(36)39(41(40)26-31)20-15-28-9-7-11-30-25-33(44-3)18-23-35(28)30/h4-13,16-18,21-26,42H,1-3H3. The molecule has 0 fully saturated rings. The van der Waals surface area contributed by atoms with Crippen LogP contribution in [-0.2, 0) is 0 Å². The lowest BCUT2D eigenvalue weighted by molar-refractivity contribution is 0.415. The molecule has 3 nitrogen and oxygen atoms in total.